The van der Waals surface area contributed by atoms with Crippen LogP contribution in [0.1, 0.15) is 61.5 Å². The van der Waals surface area contributed by atoms with Crippen molar-refractivity contribution >= 4 is 11.6 Å². The molecule has 6 heteroatoms. The number of hydrogen-bond donors (Lipinski definition) is 0. The molecule has 1 aliphatic rings. The van der Waals surface area contributed by atoms with E-state index in [9.17, 15) is 30.6 Å². The van der Waals surface area contributed by atoms with E-state index in [0.717, 1.165) is 0 Å². The Morgan fingerprint density at radius 3 is 1.20 bits per heavy atom. The van der Waals surface area contributed by atoms with Crippen molar-refractivity contribution in [1.82, 2.24) is 0 Å². The molecule has 0 heterocycles. The fourth-order valence-corrected chi connectivity index (χ4v) is 2.80. The van der Waals surface area contributed by atoms with Gasteiger partial charge >= 0.3 is 0 Å². The van der Waals surface area contributed by atoms with E-state index in [1.54, 1.807) is 36.4 Å². The molecule has 0 bridgehead atoms. The van der Waals surface area contributed by atoms with E-state index >= 15 is 0 Å². The van der Waals surface area contributed by atoms with Gasteiger partial charge in [-0.3, -0.25) is 9.59 Å². The van der Waals surface area contributed by atoms with Gasteiger partial charge in [0.1, 0.15) is 24.3 Å². The van der Waals surface area contributed by atoms with Crippen LogP contribution in [0.4, 0.5) is 0 Å². The van der Waals surface area contributed by atoms with Crippen LogP contribution in [0.5, 0.6) is 0 Å². The van der Waals surface area contributed by atoms with E-state index in [1.807, 2.05) is 0 Å². The first kappa shape index (κ1) is 17.1. The molecule has 0 saturated heterocycles. The molecule has 0 saturated carbocycles. The van der Waals surface area contributed by atoms with E-state index in [0.29, 0.717) is 0 Å². The minimum Gasteiger partial charge on any atom is -0.289 e. The highest BCUT2D eigenvalue weighted by Gasteiger charge is 2.37. The van der Waals surface area contributed by atoms with Gasteiger partial charge in [0.2, 0.25) is 0 Å². The third kappa shape index (κ3) is 2.07. The Balaban J connectivity index is 0.00000225. The number of carbonyl (C=O) groups is 2. The molecule has 0 N–H and O–H groups in total. The van der Waals surface area contributed by atoms with E-state index < -0.39 is 11.6 Å². The van der Waals surface area contributed by atoms with Crippen molar-refractivity contribution in [2.75, 3.05) is 0 Å². The summed E-state index contributed by atoms with van der Waals surface area (Å²) >= 11 is 0. The van der Waals surface area contributed by atoms with Gasteiger partial charge in [-0.15, -0.1) is 0 Å². The summed E-state index contributed by atoms with van der Waals surface area (Å²) in [6, 6.07) is 12.9. The smallest absolute Gasteiger partial charge is 0.195 e. The molecule has 1 aliphatic carbocycles. The van der Waals surface area contributed by atoms with Crippen molar-refractivity contribution in [2.24, 2.45) is 0 Å². The van der Waals surface area contributed by atoms with Crippen LogP contribution in [0.15, 0.2) is 24.3 Å². The number of benzene rings is 2. The summed E-state index contributed by atoms with van der Waals surface area (Å²) in [6.45, 7) is 0. The number of nitriles is 4. The molecule has 2 aromatic rings. The van der Waals surface area contributed by atoms with Gasteiger partial charge in [-0.25, -0.2) is 0 Å². The lowest BCUT2D eigenvalue weighted by atomic mass is 9.77. The van der Waals surface area contributed by atoms with Gasteiger partial charge in [-0.05, 0) is 0 Å². The van der Waals surface area contributed by atoms with Crippen LogP contribution < -0.4 is 0 Å². The first-order chi connectivity index (χ1) is 11.6. The lowest BCUT2D eigenvalue weighted by Crippen LogP contribution is -2.25. The molecule has 0 amide bonds. The second kappa shape index (κ2) is 6.09. The van der Waals surface area contributed by atoms with Crippen LogP contribution in [0, 0.1) is 45.3 Å². The van der Waals surface area contributed by atoms with Crippen LogP contribution >= 0.6 is 0 Å². The number of ketones is 2. The highest BCUT2D eigenvalue weighted by atomic mass is 16.1. The van der Waals surface area contributed by atoms with Gasteiger partial charge in [0.15, 0.2) is 11.6 Å². The molecule has 0 aromatic heterocycles. The first-order valence-corrected chi connectivity index (χ1v) is 6.63. The zero-order valence-electron chi connectivity index (χ0n) is 11.9. The maximum Gasteiger partial charge on any atom is 0.195 e. The Kier molecular flexibility index (Phi) is 4.17. The maximum atomic E-state index is 12.8. The fraction of sp³-hybridized carbons (Fsp3) is 0.0526. The van der Waals surface area contributed by atoms with Gasteiger partial charge < -0.3 is 0 Å². The van der Waals surface area contributed by atoms with Crippen LogP contribution in [-0.4, -0.2) is 11.6 Å². The summed E-state index contributed by atoms with van der Waals surface area (Å²) in [5, 5.41) is 37.3. The van der Waals surface area contributed by atoms with Crippen LogP contribution in [0.3, 0.4) is 0 Å². The molecular formula is C19H8N4O2. The standard InChI is InChI=1S/C18H4N4O2.CH4/c19-5-11-12(6-20)14(8-22)16-15(13(11)7-21)17(23)9-3-1-2-4-10(9)18(16)24;/h1-4H;1H4. The lowest BCUT2D eigenvalue weighted by molar-refractivity contribution is 0.0978. The topological polar surface area (TPSA) is 129 Å². The summed E-state index contributed by atoms with van der Waals surface area (Å²) < 4.78 is 0. The Hall–Kier alpha value is -4.26. The molecule has 2 aromatic carbocycles. The van der Waals surface area contributed by atoms with E-state index in [-0.39, 0.29) is 51.9 Å². The van der Waals surface area contributed by atoms with Gasteiger partial charge in [0.05, 0.1) is 33.4 Å². The molecule has 3 rings (SSSR count). The molecule has 0 radical (unpaired) electrons. The molecule has 0 aliphatic heterocycles. The van der Waals surface area contributed by atoms with E-state index in [1.165, 1.54) is 12.1 Å². The number of nitrogens with zero attached hydrogens (tertiary/aromatic N) is 4. The maximum absolute atomic E-state index is 12.8. The van der Waals surface area contributed by atoms with Crippen molar-refractivity contribution in [2.45, 2.75) is 7.43 Å². The van der Waals surface area contributed by atoms with Crippen molar-refractivity contribution in [3.63, 3.8) is 0 Å². The van der Waals surface area contributed by atoms with E-state index in [2.05, 4.69) is 0 Å². The number of carbonyl (C=O) groups excluding carboxylic acids is 2. The number of fused-ring (bicyclic) bond motifs is 2. The molecule has 6 nitrogen and oxygen atoms in total. The van der Waals surface area contributed by atoms with Gasteiger partial charge in [0, 0.05) is 11.1 Å². The van der Waals surface area contributed by atoms with Gasteiger partial charge in [-0.1, -0.05) is 31.7 Å². The summed E-state index contributed by atoms with van der Waals surface area (Å²) in [6.07, 6.45) is 0. The zero-order chi connectivity index (χ0) is 17.4. The Morgan fingerprint density at radius 2 is 0.920 bits per heavy atom. The third-order valence-corrected chi connectivity index (χ3v) is 3.82. The fourth-order valence-electron chi connectivity index (χ4n) is 2.80. The van der Waals surface area contributed by atoms with Gasteiger partial charge in [-0.2, -0.15) is 21.0 Å². The predicted octanol–water partition coefficient (Wildman–Crippen LogP) is 2.58. The quantitative estimate of drug-likeness (QED) is 0.624. The van der Waals surface area contributed by atoms with Crippen molar-refractivity contribution in [3.05, 3.63) is 68.8 Å². The van der Waals surface area contributed by atoms with Crippen LogP contribution in [-0.2, 0) is 0 Å². The van der Waals surface area contributed by atoms with E-state index in [4.69, 9.17) is 0 Å². The largest absolute Gasteiger partial charge is 0.289 e. The molecular weight excluding hydrogens is 316 g/mol. The Labute approximate surface area is 143 Å². The molecule has 25 heavy (non-hydrogen) atoms. The van der Waals surface area contributed by atoms with Crippen LogP contribution in [0.25, 0.3) is 0 Å². The minimum absolute atomic E-state index is 0. The second-order valence-electron chi connectivity index (χ2n) is 4.90. The highest BCUT2D eigenvalue weighted by Crippen LogP contribution is 2.35. The molecule has 116 valence electrons. The number of hydrogen-bond acceptors (Lipinski definition) is 6. The molecule has 0 atom stereocenters. The summed E-state index contributed by atoms with van der Waals surface area (Å²) in [5.41, 5.74) is -1.80. The third-order valence-electron chi connectivity index (χ3n) is 3.82. The average molecular weight is 324 g/mol. The van der Waals surface area contributed by atoms with Crippen molar-refractivity contribution in [1.29, 1.82) is 21.0 Å². The van der Waals surface area contributed by atoms with Gasteiger partial charge in [0.25, 0.3) is 0 Å². The SMILES string of the molecule is C.N#Cc1c(C#N)c(C#N)c2c(c1C#N)C(=O)c1ccccc1C2=O. The Bertz CT molecular complexity index is 1040. The summed E-state index contributed by atoms with van der Waals surface area (Å²) in [4.78, 5) is 25.5. The highest BCUT2D eigenvalue weighted by molar-refractivity contribution is 6.30. The van der Waals surface area contributed by atoms with Crippen molar-refractivity contribution in [3.8, 4) is 24.3 Å². The van der Waals surface area contributed by atoms with Crippen molar-refractivity contribution < 1.29 is 9.59 Å². The minimum atomic E-state index is -0.616. The summed E-state index contributed by atoms with van der Waals surface area (Å²) in [5.74, 6) is -1.23. The number of rotatable bonds is 0. The van der Waals surface area contributed by atoms with Crippen LogP contribution in [0.2, 0.25) is 0 Å². The monoisotopic (exact) mass is 324 g/mol. The molecule has 0 spiro atoms. The first-order valence-electron chi connectivity index (χ1n) is 6.63. The molecule has 0 fully saturated rings. The second-order valence-corrected chi connectivity index (χ2v) is 4.90. The summed E-state index contributed by atoms with van der Waals surface area (Å²) in [7, 11) is 0. The normalized spacial score (nSPS) is 10.9. The lowest BCUT2D eigenvalue weighted by Gasteiger charge is -2.20. The Morgan fingerprint density at radius 1 is 0.600 bits per heavy atom. The molecule has 0 unspecified atom stereocenters. The zero-order valence-corrected chi connectivity index (χ0v) is 11.9. The predicted molar refractivity (Wildman–Crippen MR) is 85.3 cm³/mol. The average Bonchev–Trinajstić information content (AvgIpc) is 2.63.